The van der Waals surface area contributed by atoms with Gasteiger partial charge >= 0.3 is 0 Å². The van der Waals surface area contributed by atoms with Gasteiger partial charge in [0.1, 0.15) is 5.82 Å². The number of carbonyl (C=O) groups excluding carboxylic acids is 1. The van der Waals surface area contributed by atoms with Gasteiger partial charge in [0.25, 0.3) is 5.91 Å². The average Bonchev–Trinajstić information content (AvgIpc) is 3.01. The highest BCUT2D eigenvalue weighted by Crippen LogP contribution is 2.21. The van der Waals surface area contributed by atoms with Crippen molar-refractivity contribution >= 4 is 11.7 Å². The summed E-state index contributed by atoms with van der Waals surface area (Å²) in [5.74, 6) is 0.447. The van der Waals surface area contributed by atoms with Crippen molar-refractivity contribution in [3.05, 3.63) is 65.6 Å². The Morgan fingerprint density at radius 1 is 1.23 bits per heavy atom. The number of aromatic nitrogens is 3. The van der Waals surface area contributed by atoms with Gasteiger partial charge < -0.3 is 10.6 Å². The Kier molecular flexibility index (Phi) is 5.02. The van der Waals surface area contributed by atoms with Gasteiger partial charge in [-0.2, -0.15) is 5.10 Å². The molecule has 0 saturated heterocycles. The van der Waals surface area contributed by atoms with Crippen molar-refractivity contribution in [2.45, 2.75) is 26.9 Å². The summed E-state index contributed by atoms with van der Waals surface area (Å²) < 4.78 is 1.89. The highest BCUT2D eigenvalue weighted by Gasteiger charge is 2.15. The quantitative estimate of drug-likeness (QED) is 0.768. The van der Waals surface area contributed by atoms with E-state index in [2.05, 4.69) is 10.1 Å². The van der Waals surface area contributed by atoms with Crippen LogP contribution in [0.4, 0.5) is 5.82 Å². The minimum absolute atomic E-state index is 0.0288. The van der Waals surface area contributed by atoms with Gasteiger partial charge in [-0.1, -0.05) is 12.1 Å². The Labute approximate surface area is 153 Å². The van der Waals surface area contributed by atoms with Crippen LogP contribution in [0.25, 0.3) is 11.1 Å². The van der Waals surface area contributed by atoms with Crippen LogP contribution in [0, 0.1) is 6.92 Å². The van der Waals surface area contributed by atoms with Gasteiger partial charge in [0, 0.05) is 49.2 Å². The molecule has 26 heavy (non-hydrogen) atoms. The Hall–Kier alpha value is -3.15. The highest BCUT2D eigenvalue weighted by molar-refractivity contribution is 5.95. The van der Waals surface area contributed by atoms with Crippen molar-refractivity contribution in [3.63, 3.8) is 0 Å². The van der Waals surface area contributed by atoms with Crippen LogP contribution in [0.5, 0.6) is 0 Å². The number of rotatable bonds is 5. The third-order valence-corrected chi connectivity index (χ3v) is 4.36. The molecule has 1 amide bonds. The van der Waals surface area contributed by atoms with Crippen LogP contribution in [0.3, 0.4) is 0 Å². The van der Waals surface area contributed by atoms with Crippen molar-refractivity contribution in [1.82, 2.24) is 19.7 Å². The predicted molar refractivity (Wildman–Crippen MR) is 103 cm³/mol. The SMILES string of the molecule is CCn1cc(CN(C)C(=O)c2cccc(-c3ccc(N)nc3)c2)c(C)n1. The average molecular weight is 349 g/mol. The van der Waals surface area contributed by atoms with E-state index in [0.717, 1.165) is 28.9 Å². The highest BCUT2D eigenvalue weighted by atomic mass is 16.2. The number of anilines is 1. The molecule has 0 radical (unpaired) electrons. The molecule has 3 rings (SSSR count). The molecule has 0 fully saturated rings. The van der Waals surface area contributed by atoms with Crippen molar-refractivity contribution in [2.24, 2.45) is 0 Å². The number of nitrogens with two attached hydrogens (primary N) is 1. The van der Waals surface area contributed by atoms with Crippen LogP contribution in [0.1, 0.15) is 28.5 Å². The van der Waals surface area contributed by atoms with E-state index in [1.54, 1.807) is 17.2 Å². The first-order chi connectivity index (χ1) is 12.5. The minimum atomic E-state index is -0.0288. The smallest absolute Gasteiger partial charge is 0.253 e. The van der Waals surface area contributed by atoms with Gasteiger partial charge in [-0.15, -0.1) is 0 Å². The molecule has 6 nitrogen and oxygen atoms in total. The van der Waals surface area contributed by atoms with Crippen LogP contribution in [0.2, 0.25) is 0 Å². The van der Waals surface area contributed by atoms with Crippen molar-refractivity contribution < 1.29 is 4.79 Å². The third-order valence-electron chi connectivity index (χ3n) is 4.36. The Balaban J connectivity index is 1.79. The van der Waals surface area contributed by atoms with E-state index in [4.69, 9.17) is 5.73 Å². The summed E-state index contributed by atoms with van der Waals surface area (Å²) in [4.78, 5) is 18.7. The summed E-state index contributed by atoms with van der Waals surface area (Å²) >= 11 is 0. The van der Waals surface area contributed by atoms with E-state index in [1.165, 1.54) is 0 Å². The van der Waals surface area contributed by atoms with Crippen molar-refractivity contribution in [3.8, 4) is 11.1 Å². The van der Waals surface area contributed by atoms with Crippen LogP contribution >= 0.6 is 0 Å². The molecular weight excluding hydrogens is 326 g/mol. The van der Waals surface area contributed by atoms with Gasteiger partial charge in [-0.05, 0) is 43.7 Å². The molecule has 0 aliphatic carbocycles. The Morgan fingerprint density at radius 2 is 2.04 bits per heavy atom. The van der Waals surface area contributed by atoms with Crippen molar-refractivity contribution in [2.75, 3.05) is 12.8 Å². The van der Waals surface area contributed by atoms with E-state index in [1.807, 2.05) is 62.1 Å². The standard InChI is InChI=1S/C20H23N5O/c1-4-25-13-18(14(2)23-25)12-24(3)20(26)16-7-5-6-15(10-16)17-8-9-19(21)22-11-17/h5-11,13H,4,12H2,1-3H3,(H2,21,22). The molecule has 3 aromatic rings. The van der Waals surface area contributed by atoms with Gasteiger partial charge in [-0.3, -0.25) is 9.48 Å². The zero-order valence-corrected chi connectivity index (χ0v) is 15.3. The Bertz CT molecular complexity index is 914. The molecular formula is C20H23N5O. The van der Waals surface area contributed by atoms with E-state index >= 15 is 0 Å². The first-order valence-corrected chi connectivity index (χ1v) is 8.58. The number of hydrogen-bond acceptors (Lipinski definition) is 4. The maximum atomic E-state index is 12.8. The summed E-state index contributed by atoms with van der Waals surface area (Å²) in [7, 11) is 1.81. The summed E-state index contributed by atoms with van der Waals surface area (Å²) in [5, 5.41) is 4.44. The lowest BCUT2D eigenvalue weighted by Crippen LogP contribution is -2.26. The van der Waals surface area contributed by atoms with Crippen LogP contribution < -0.4 is 5.73 Å². The van der Waals surface area contributed by atoms with E-state index in [0.29, 0.717) is 17.9 Å². The largest absolute Gasteiger partial charge is 0.384 e. The number of nitrogen functional groups attached to an aromatic ring is 1. The number of aryl methyl sites for hydroxylation is 2. The van der Waals surface area contributed by atoms with Crippen LogP contribution in [0.15, 0.2) is 48.8 Å². The second kappa shape index (κ2) is 7.39. The molecule has 0 unspecified atom stereocenters. The number of hydrogen-bond donors (Lipinski definition) is 1. The van der Waals surface area contributed by atoms with E-state index in [-0.39, 0.29) is 5.91 Å². The number of nitrogens with zero attached hydrogens (tertiary/aromatic N) is 4. The molecule has 0 atom stereocenters. The number of carbonyl (C=O) groups is 1. The van der Waals surface area contributed by atoms with Crippen LogP contribution in [-0.2, 0) is 13.1 Å². The predicted octanol–water partition coefficient (Wildman–Crippen LogP) is 3.13. The normalized spacial score (nSPS) is 10.7. The summed E-state index contributed by atoms with van der Waals surface area (Å²) in [6.45, 7) is 5.35. The summed E-state index contributed by atoms with van der Waals surface area (Å²) in [6.07, 6.45) is 3.71. The number of benzene rings is 1. The molecule has 1 aromatic carbocycles. The molecule has 0 aliphatic heterocycles. The maximum absolute atomic E-state index is 12.8. The fourth-order valence-electron chi connectivity index (χ4n) is 2.83. The lowest BCUT2D eigenvalue weighted by Gasteiger charge is -2.17. The van der Waals surface area contributed by atoms with Crippen LogP contribution in [-0.4, -0.2) is 32.6 Å². The second-order valence-electron chi connectivity index (χ2n) is 6.31. The van der Waals surface area contributed by atoms with E-state index < -0.39 is 0 Å². The topological polar surface area (TPSA) is 77.0 Å². The lowest BCUT2D eigenvalue weighted by atomic mass is 10.0. The lowest BCUT2D eigenvalue weighted by molar-refractivity contribution is 0.0785. The first-order valence-electron chi connectivity index (χ1n) is 8.58. The van der Waals surface area contributed by atoms with Gasteiger partial charge in [0.05, 0.1) is 5.69 Å². The molecule has 0 aliphatic rings. The zero-order chi connectivity index (χ0) is 18.7. The minimum Gasteiger partial charge on any atom is -0.384 e. The monoisotopic (exact) mass is 349 g/mol. The molecule has 6 heteroatoms. The Morgan fingerprint density at radius 3 is 2.69 bits per heavy atom. The first kappa shape index (κ1) is 17.7. The summed E-state index contributed by atoms with van der Waals surface area (Å²) in [6, 6.07) is 11.2. The number of pyridine rings is 1. The maximum Gasteiger partial charge on any atom is 0.253 e. The molecule has 134 valence electrons. The fourth-order valence-corrected chi connectivity index (χ4v) is 2.83. The van der Waals surface area contributed by atoms with Gasteiger partial charge in [0.2, 0.25) is 0 Å². The summed E-state index contributed by atoms with van der Waals surface area (Å²) in [5.41, 5.74) is 10.2. The number of amides is 1. The molecule has 0 bridgehead atoms. The molecule has 2 N–H and O–H groups in total. The molecule has 2 aromatic heterocycles. The van der Waals surface area contributed by atoms with Gasteiger partial charge in [-0.25, -0.2) is 4.98 Å². The molecule has 2 heterocycles. The van der Waals surface area contributed by atoms with Crippen molar-refractivity contribution in [1.29, 1.82) is 0 Å². The fraction of sp³-hybridized carbons (Fsp3) is 0.250. The second-order valence-corrected chi connectivity index (χ2v) is 6.31. The van der Waals surface area contributed by atoms with E-state index in [9.17, 15) is 4.79 Å². The van der Waals surface area contributed by atoms with Gasteiger partial charge in [0.15, 0.2) is 0 Å². The zero-order valence-electron chi connectivity index (χ0n) is 15.3. The molecule has 0 saturated carbocycles. The third kappa shape index (κ3) is 3.74. The molecule has 0 spiro atoms.